The van der Waals surface area contributed by atoms with Crippen LogP contribution in [-0.2, 0) is 24.4 Å². The van der Waals surface area contributed by atoms with Gasteiger partial charge in [-0.15, -0.1) is 0 Å². The molecule has 1 unspecified atom stereocenters. The van der Waals surface area contributed by atoms with E-state index in [-0.39, 0.29) is 11.3 Å². The first-order valence-electron chi connectivity index (χ1n) is 6.84. The third-order valence-corrected chi connectivity index (χ3v) is 5.16. The van der Waals surface area contributed by atoms with E-state index in [0.29, 0.717) is 6.42 Å². The van der Waals surface area contributed by atoms with Crippen LogP contribution in [0.2, 0.25) is 0 Å². The average molecular weight is 323 g/mol. The Morgan fingerprint density at radius 2 is 1.77 bits per heavy atom. The first kappa shape index (κ1) is 16.4. The molecule has 1 aliphatic rings. The number of carbonyl (C=O) groups excluding carboxylic acids is 3. The largest absolute Gasteiger partial charge is 0.298 e. The summed E-state index contributed by atoms with van der Waals surface area (Å²) >= 11 is 0. The second-order valence-electron chi connectivity index (χ2n) is 5.93. The zero-order chi connectivity index (χ0) is 16.5. The molecular formula is C15H17NO5S. The number of ketones is 2. The van der Waals surface area contributed by atoms with Crippen LogP contribution < -0.4 is 4.72 Å². The Morgan fingerprint density at radius 1 is 1.18 bits per heavy atom. The first-order valence-corrected chi connectivity index (χ1v) is 8.32. The Morgan fingerprint density at radius 3 is 2.36 bits per heavy atom. The summed E-state index contributed by atoms with van der Waals surface area (Å²) in [5.41, 5.74) is -0.813. The lowest BCUT2D eigenvalue weighted by Crippen LogP contribution is -2.49. The van der Waals surface area contributed by atoms with E-state index in [0.717, 1.165) is 0 Å². The van der Waals surface area contributed by atoms with E-state index in [2.05, 4.69) is 0 Å². The summed E-state index contributed by atoms with van der Waals surface area (Å²) in [6.45, 7) is 3.29. The van der Waals surface area contributed by atoms with Gasteiger partial charge in [0.25, 0.3) is 15.9 Å². The lowest BCUT2D eigenvalue weighted by Gasteiger charge is -2.31. The third-order valence-electron chi connectivity index (χ3n) is 3.80. The number of benzene rings is 1. The van der Waals surface area contributed by atoms with Crippen LogP contribution in [0.15, 0.2) is 35.2 Å². The summed E-state index contributed by atoms with van der Waals surface area (Å²) in [4.78, 5) is 36.2. The molecule has 1 fully saturated rings. The number of Topliss-reactive ketones (excluding diaryl/α,β-unsaturated/α-hetero) is 2. The molecule has 2 rings (SSSR count). The third kappa shape index (κ3) is 3.09. The molecule has 0 aromatic heterocycles. The lowest BCUT2D eigenvalue weighted by molar-refractivity contribution is -0.148. The SMILES string of the molecule is CC1(C)CCC(=O)C(C(=O)NS(=O)(=O)c2ccccc2)C1=O. The van der Waals surface area contributed by atoms with Crippen molar-refractivity contribution in [2.75, 3.05) is 0 Å². The van der Waals surface area contributed by atoms with E-state index in [1.807, 2.05) is 4.72 Å². The number of hydrogen-bond donors (Lipinski definition) is 1. The maximum atomic E-state index is 12.2. The zero-order valence-electron chi connectivity index (χ0n) is 12.3. The monoisotopic (exact) mass is 323 g/mol. The molecule has 1 atom stereocenters. The van der Waals surface area contributed by atoms with Gasteiger partial charge in [0.05, 0.1) is 4.90 Å². The highest BCUT2D eigenvalue weighted by molar-refractivity contribution is 7.90. The van der Waals surface area contributed by atoms with Gasteiger partial charge < -0.3 is 0 Å². The highest BCUT2D eigenvalue weighted by atomic mass is 32.2. The molecule has 1 saturated carbocycles. The van der Waals surface area contributed by atoms with Gasteiger partial charge in [0, 0.05) is 11.8 Å². The minimum atomic E-state index is -4.10. The maximum absolute atomic E-state index is 12.2. The van der Waals surface area contributed by atoms with E-state index in [4.69, 9.17) is 0 Å². The lowest BCUT2D eigenvalue weighted by atomic mass is 9.70. The highest BCUT2D eigenvalue weighted by Crippen LogP contribution is 2.33. The standard InChI is InChI=1S/C15H17NO5S/c1-15(2)9-8-11(17)12(13(15)18)14(19)16-22(20,21)10-6-4-3-5-7-10/h3-7,12H,8-9H2,1-2H3,(H,16,19). The quantitative estimate of drug-likeness (QED) is 0.839. The van der Waals surface area contributed by atoms with Crippen molar-refractivity contribution in [2.24, 2.45) is 11.3 Å². The van der Waals surface area contributed by atoms with Crippen LogP contribution >= 0.6 is 0 Å². The molecule has 6 nitrogen and oxygen atoms in total. The number of carbonyl (C=O) groups is 3. The van der Waals surface area contributed by atoms with Gasteiger partial charge in [-0.25, -0.2) is 13.1 Å². The summed E-state index contributed by atoms with van der Waals surface area (Å²) < 4.78 is 26.0. The van der Waals surface area contributed by atoms with Gasteiger partial charge in [-0.2, -0.15) is 0 Å². The fourth-order valence-electron chi connectivity index (χ4n) is 2.36. The summed E-state index contributed by atoms with van der Waals surface area (Å²) in [6.07, 6.45) is 0.447. The van der Waals surface area contributed by atoms with Gasteiger partial charge in [0.2, 0.25) is 0 Å². The topological polar surface area (TPSA) is 97.4 Å². The normalized spacial score (nSPS) is 21.5. The van der Waals surface area contributed by atoms with Crippen molar-refractivity contribution in [1.29, 1.82) is 0 Å². The number of sulfonamides is 1. The molecule has 1 amide bonds. The van der Waals surface area contributed by atoms with Crippen molar-refractivity contribution in [3.8, 4) is 0 Å². The van der Waals surface area contributed by atoms with Crippen molar-refractivity contribution in [2.45, 2.75) is 31.6 Å². The summed E-state index contributed by atoms with van der Waals surface area (Å²) in [5.74, 6) is -3.71. The van der Waals surface area contributed by atoms with Gasteiger partial charge in [-0.05, 0) is 18.6 Å². The number of amides is 1. The Labute approximate surface area is 129 Å². The molecule has 0 spiro atoms. The van der Waals surface area contributed by atoms with E-state index in [1.54, 1.807) is 19.9 Å². The van der Waals surface area contributed by atoms with Crippen LogP contribution in [0.25, 0.3) is 0 Å². The second-order valence-corrected chi connectivity index (χ2v) is 7.61. The Kier molecular flexibility index (Phi) is 4.19. The molecule has 0 bridgehead atoms. The number of hydrogen-bond acceptors (Lipinski definition) is 5. The summed E-state index contributed by atoms with van der Waals surface area (Å²) in [5, 5.41) is 0. The average Bonchev–Trinajstić information content (AvgIpc) is 2.44. The van der Waals surface area contributed by atoms with Crippen LogP contribution in [0.5, 0.6) is 0 Å². The molecule has 1 N–H and O–H groups in total. The van der Waals surface area contributed by atoms with Gasteiger partial charge in [-0.3, -0.25) is 14.4 Å². The smallest absolute Gasteiger partial charge is 0.264 e. The minimum absolute atomic E-state index is 0.0855. The Balaban J connectivity index is 2.25. The van der Waals surface area contributed by atoms with E-state index in [1.165, 1.54) is 24.3 Å². The fourth-order valence-corrected chi connectivity index (χ4v) is 3.37. The zero-order valence-corrected chi connectivity index (χ0v) is 13.1. The van der Waals surface area contributed by atoms with Crippen molar-refractivity contribution in [1.82, 2.24) is 4.72 Å². The minimum Gasteiger partial charge on any atom is -0.298 e. The molecule has 1 aliphatic carbocycles. The van der Waals surface area contributed by atoms with Gasteiger partial charge in [0.15, 0.2) is 17.5 Å². The summed E-state index contributed by atoms with van der Waals surface area (Å²) in [7, 11) is -4.10. The molecule has 1 aromatic carbocycles. The van der Waals surface area contributed by atoms with Crippen molar-refractivity contribution >= 4 is 27.5 Å². The Bertz CT molecular complexity index is 722. The molecule has 7 heteroatoms. The predicted molar refractivity (Wildman–Crippen MR) is 78.3 cm³/mol. The van der Waals surface area contributed by atoms with Gasteiger partial charge >= 0.3 is 0 Å². The maximum Gasteiger partial charge on any atom is 0.264 e. The van der Waals surface area contributed by atoms with Crippen molar-refractivity contribution in [3.63, 3.8) is 0 Å². The molecule has 0 aliphatic heterocycles. The number of rotatable bonds is 3. The Hall–Kier alpha value is -2.02. The fraction of sp³-hybridized carbons (Fsp3) is 0.400. The molecular weight excluding hydrogens is 306 g/mol. The molecule has 1 aromatic rings. The van der Waals surface area contributed by atoms with Crippen molar-refractivity contribution < 1.29 is 22.8 Å². The van der Waals surface area contributed by atoms with Crippen molar-refractivity contribution in [3.05, 3.63) is 30.3 Å². The molecule has 0 radical (unpaired) electrons. The van der Waals surface area contributed by atoms with Gasteiger partial charge in [0.1, 0.15) is 0 Å². The highest BCUT2D eigenvalue weighted by Gasteiger charge is 2.46. The van der Waals surface area contributed by atoms with Crippen LogP contribution in [0, 0.1) is 11.3 Å². The van der Waals surface area contributed by atoms with E-state index < -0.39 is 38.8 Å². The van der Waals surface area contributed by atoms with Gasteiger partial charge in [-0.1, -0.05) is 32.0 Å². The van der Waals surface area contributed by atoms with Crippen LogP contribution in [-0.4, -0.2) is 25.9 Å². The first-order chi connectivity index (χ1) is 10.1. The molecule has 22 heavy (non-hydrogen) atoms. The summed E-state index contributed by atoms with van der Waals surface area (Å²) in [6, 6.07) is 7.31. The van der Waals surface area contributed by atoms with Crippen LogP contribution in [0.4, 0.5) is 0 Å². The molecule has 0 saturated heterocycles. The van der Waals surface area contributed by atoms with Crippen LogP contribution in [0.1, 0.15) is 26.7 Å². The predicted octanol–water partition coefficient (Wildman–Crippen LogP) is 1.07. The molecule has 118 valence electrons. The number of nitrogens with one attached hydrogen (secondary N) is 1. The molecule has 0 heterocycles. The van der Waals surface area contributed by atoms with Crippen LogP contribution in [0.3, 0.4) is 0 Å². The second kappa shape index (κ2) is 5.64. The van der Waals surface area contributed by atoms with E-state index >= 15 is 0 Å². The van der Waals surface area contributed by atoms with E-state index in [9.17, 15) is 22.8 Å².